The van der Waals surface area contributed by atoms with Crippen LogP contribution in [0.5, 0.6) is 0 Å². The molecule has 2 aliphatic heterocycles. The largest absolute Gasteiger partial charge is 0.336 e. The van der Waals surface area contributed by atoms with Crippen LogP contribution in [0, 0.1) is 6.92 Å². The molecule has 2 aliphatic rings. The Morgan fingerprint density at radius 2 is 2.03 bits per heavy atom. The molecule has 33 heavy (non-hydrogen) atoms. The minimum absolute atomic E-state index is 0.0690. The highest BCUT2D eigenvalue weighted by atomic mass is 35.5. The lowest BCUT2D eigenvalue weighted by Gasteiger charge is -2.28. The zero-order chi connectivity index (χ0) is 23.3. The predicted molar refractivity (Wildman–Crippen MR) is 136 cm³/mol. The number of hydrogen-bond acceptors (Lipinski definition) is 6. The molecule has 1 amide bonds. The van der Waals surface area contributed by atoms with Gasteiger partial charge in [-0.25, -0.2) is 0 Å². The molecular formula is C24H26ClN5OS2. The van der Waals surface area contributed by atoms with Gasteiger partial charge in [0.05, 0.1) is 18.0 Å². The van der Waals surface area contributed by atoms with Crippen LogP contribution in [0.4, 0.5) is 0 Å². The van der Waals surface area contributed by atoms with Gasteiger partial charge in [0.2, 0.25) is 5.91 Å². The van der Waals surface area contributed by atoms with E-state index in [1.54, 1.807) is 23.1 Å². The zero-order valence-electron chi connectivity index (χ0n) is 19.2. The minimum atomic E-state index is 0.0690. The fourth-order valence-electron chi connectivity index (χ4n) is 4.25. The molecule has 0 unspecified atom stereocenters. The number of nitrogens with zero attached hydrogens (tertiary/aromatic N) is 5. The average molecular weight is 500 g/mol. The summed E-state index contributed by atoms with van der Waals surface area (Å²) in [6, 6.07) is 7.86. The van der Waals surface area contributed by atoms with Crippen molar-refractivity contribution < 1.29 is 4.79 Å². The van der Waals surface area contributed by atoms with E-state index >= 15 is 0 Å². The maximum absolute atomic E-state index is 12.9. The molecule has 0 bridgehead atoms. The van der Waals surface area contributed by atoms with Crippen molar-refractivity contribution in [1.82, 2.24) is 19.7 Å². The summed E-state index contributed by atoms with van der Waals surface area (Å²) in [6.45, 7) is 10.2. The van der Waals surface area contributed by atoms with Crippen molar-refractivity contribution in [2.45, 2.75) is 52.0 Å². The van der Waals surface area contributed by atoms with Crippen molar-refractivity contribution in [3.63, 3.8) is 0 Å². The van der Waals surface area contributed by atoms with Crippen LogP contribution in [-0.4, -0.2) is 48.3 Å². The number of thioether (sulfide) groups is 1. The second-order valence-corrected chi connectivity index (χ2v) is 12.6. The fourth-order valence-corrected chi connectivity index (χ4v) is 6.64. The second-order valence-electron chi connectivity index (χ2n) is 9.29. The van der Waals surface area contributed by atoms with Crippen LogP contribution in [-0.2, 0) is 24.3 Å². The Balaban J connectivity index is 1.57. The Hall–Kier alpha value is -2.16. The van der Waals surface area contributed by atoms with Crippen LogP contribution >= 0.6 is 34.7 Å². The van der Waals surface area contributed by atoms with Crippen molar-refractivity contribution >= 4 is 46.3 Å². The summed E-state index contributed by atoms with van der Waals surface area (Å²) < 4.78 is 2.19. The molecule has 0 saturated heterocycles. The van der Waals surface area contributed by atoms with E-state index < -0.39 is 0 Å². The van der Waals surface area contributed by atoms with Gasteiger partial charge in [0.25, 0.3) is 0 Å². The number of carbonyl (C=O) groups is 1. The molecule has 172 valence electrons. The average Bonchev–Trinajstić information content (AvgIpc) is 3.27. The van der Waals surface area contributed by atoms with Crippen molar-refractivity contribution in [2.75, 3.05) is 12.3 Å². The van der Waals surface area contributed by atoms with Gasteiger partial charge in [-0.3, -0.25) is 14.4 Å². The SMILES string of the molecule is Cc1nnc2n1-c1sc3c(c1C(c1ccccc1Cl)=NC2)CCN(C(=O)CSC(C)(C)C)C3. The monoisotopic (exact) mass is 499 g/mol. The second kappa shape index (κ2) is 8.56. The van der Waals surface area contributed by atoms with Gasteiger partial charge in [-0.2, -0.15) is 0 Å². The van der Waals surface area contributed by atoms with E-state index in [4.69, 9.17) is 16.6 Å². The molecule has 9 heteroatoms. The third kappa shape index (κ3) is 4.24. The summed E-state index contributed by atoms with van der Waals surface area (Å²) in [5, 5.41) is 10.4. The Bertz CT molecular complexity index is 1270. The molecule has 0 saturated carbocycles. The van der Waals surface area contributed by atoms with Gasteiger partial charge in [0.15, 0.2) is 5.82 Å². The van der Waals surface area contributed by atoms with E-state index in [1.165, 1.54) is 10.4 Å². The number of halogens is 1. The number of carbonyl (C=O) groups excluding carboxylic acids is 1. The first-order valence-electron chi connectivity index (χ1n) is 11.0. The predicted octanol–water partition coefficient (Wildman–Crippen LogP) is 5.06. The maximum atomic E-state index is 12.9. The van der Waals surface area contributed by atoms with Gasteiger partial charge >= 0.3 is 0 Å². The molecule has 2 aromatic heterocycles. The first-order valence-corrected chi connectivity index (χ1v) is 13.2. The van der Waals surface area contributed by atoms with Gasteiger partial charge in [-0.15, -0.1) is 33.3 Å². The van der Waals surface area contributed by atoms with E-state index in [-0.39, 0.29) is 10.7 Å². The number of aromatic nitrogens is 3. The summed E-state index contributed by atoms with van der Waals surface area (Å²) in [4.78, 5) is 21.1. The number of rotatable bonds is 3. The topological polar surface area (TPSA) is 63.4 Å². The lowest BCUT2D eigenvalue weighted by molar-refractivity contribution is -0.129. The number of aryl methyl sites for hydroxylation is 1. The molecule has 0 fully saturated rings. The molecule has 0 spiro atoms. The maximum Gasteiger partial charge on any atom is 0.232 e. The van der Waals surface area contributed by atoms with Crippen molar-refractivity contribution in [3.05, 3.63) is 62.5 Å². The Morgan fingerprint density at radius 1 is 1.24 bits per heavy atom. The van der Waals surface area contributed by atoms with Crippen LogP contribution < -0.4 is 0 Å². The molecule has 4 heterocycles. The number of hydrogen-bond donors (Lipinski definition) is 0. The third-order valence-electron chi connectivity index (χ3n) is 5.86. The molecule has 0 atom stereocenters. The van der Waals surface area contributed by atoms with E-state index in [0.717, 1.165) is 39.9 Å². The molecule has 5 rings (SSSR count). The smallest absolute Gasteiger partial charge is 0.232 e. The quantitative estimate of drug-likeness (QED) is 0.505. The summed E-state index contributed by atoms with van der Waals surface area (Å²) in [5.74, 6) is 2.37. The molecule has 6 nitrogen and oxygen atoms in total. The summed E-state index contributed by atoms with van der Waals surface area (Å²) in [5.41, 5.74) is 4.21. The van der Waals surface area contributed by atoms with Crippen LogP contribution in [0.1, 0.15) is 54.0 Å². The van der Waals surface area contributed by atoms with E-state index in [2.05, 4.69) is 35.5 Å². The van der Waals surface area contributed by atoms with Crippen molar-refractivity contribution in [2.24, 2.45) is 4.99 Å². The normalized spacial score (nSPS) is 15.4. The standard InChI is InChI=1S/C24H26ClN5OS2/c1-14-27-28-19-11-26-22(15-7-5-6-8-17(15)25)21-16-9-10-29(20(31)13-32-24(2,3)4)12-18(16)33-23(21)30(14)19/h5-8H,9-13H2,1-4H3. The van der Waals surface area contributed by atoms with E-state index in [9.17, 15) is 4.79 Å². The molecule has 0 aliphatic carbocycles. The van der Waals surface area contributed by atoms with Gasteiger partial charge in [0.1, 0.15) is 17.4 Å². The number of amides is 1. The first-order chi connectivity index (χ1) is 15.7. The Labute approximate surface area is 207 Å². The number of fused-ring (bicyclic) bond motifs is 5. The van der Waals surface area contributed by atoms with Gasteiger partial charge in [-0.05, 0) is 25.0 Å². The summed E-state index contributed by atoms with van der Waals surface area (Å²) >= 11 is 10.0. The lowest BCUT2D eigenvalue weighted by atomic mass is 9.95. The zero-order valence-corrected chi connectivity index (χ0v) is 21.6. The fraction of sp³-hybridized carbons (Fsp3) is 0.417. The van der Waals surface area contributed by atoms with E-state index in [0.29, 0.717) is 30.4 Å². The highest BCUT2D eigenvalue weighted by Crippen LogP contribution is 2.40. The van der Waals surface area contributed by atoms with Crippen molar-refractivity contribution in [3.8, 4) is 5.00 Å². The first kappa shape index (κ1) is 22.6. The minimum Gasteiger partial charge on any atom is -0.336 e. The van der Waals surface area contributed by atoms with E-state index in [1.807, 2.05) is 36.1 Å². The summed E-state index contributed by atoms with van der Waals surface area (Å²) in [7, 11) is 0. The Morgan fingerprint density at radius 3 is 2.79 bits per heavy atom. The highest BCUT2D eigenvalue weighted by molar-refractivity contribution is 8.01. The van der Waals surface area contributed by atoms with Crippen LogP contribution in [0.15, 0.2) is 29.3 Å². The van der Waals surface area contributed by atoms with Gasteiger partial charge in [0, 0.05) is 32.3 Å². The number of benzene rings is 1. The Kier molecular flexibility index (Phi) is 5.87. The van der Waals surface area contributed by atoms with Gasteiger partial charge in [-0.1, -0.05) is 50.6 Å². The third-order valence-corrected chi connectivity index (χ3v) is 8.65. The summed E-state index contributed by atoms with van der Waals surface area (Å²) in [6.07, 6.45) is 0.799. The molecule has 1 aromatic carbocycles. The van der Waals surface area contributed by atoms with Crippen LogP contribution in [0.2, 0.25) is 5.02 Å². The molecule has 0 N–H and O–H groups in total. The molecular weight excluding hydrogens is 474 g/mol. The lowest BCUT2D eigenvalue weighted by Crippen LogP contribution is -2.37. The molecule has 0 radical (unpaired) electrons. The molecule has 3 aromatic rings. The van der Waals surface area contributed by atoms with Crippen LogP contribution in [0.3, 0.4) is 0 Å². The van der Waals surface area contributed by atoms with Crippen LogP contribution in [0.25, 0.3) is 5.00 Å². The number of thiophene rings is 1. The number of aliphatic imine (C=N–C) groups is 1. The van der Waals surface area contributed by atoms with Gasteiger partial charge < -0.3 is 4.90 Å². The van der Waals surface area contributed by atoms with Crippen molar-refractivity contribution in [1.29, 1.82) is 0 Å². The highest BCUT2D eigenvalue weighted by Gasteiger charge is 2.33.